The summed E-state index contributed by atoms with van der Waals surface area (Å²) in [5.74, 6) is 1.97. The minimum atomic E-state index is 0.128. The van der Waals surface area contributed by atoms with Crippen molar-refractivity contribution in [1.82, 2.24) is 9.88 Å². The van der Waals surface area contributed by atoms with Gasteiger partial charge in [0.2, 0.25) is 0 Å². The van der Waals surface area contributed by atoms with Crippen LogP contribution in [0.15, 0.2) is 42.6 Å². The molecule has 0 atom stereocenters. The first-order chi connectivity index (χ1) is 13.2. The molecule has 0 bridgehead atoms. The Labute approximate surface area is 161 Å². The Morgan fingerprint density at radius 2 is 1.93 bits per heavy atom. The average Bonchev–Trinajstić information content (AvgIpc) is 2.71. The molecule has 2 aromatic rings. The molecule has 2 aliphatic rings. The number of aryl methyl sites for hydroxylation is 1. The molecule has 0 spiro atoms. The van der Waals surface area contributed by atoms with E-state index in [2.05, 4.69) is 22.9 Å². The highest BCUT2D eigenvalue weighted by Crippen LogP contribution is 2.26. The number of likely N-dealkylation sites (tertiary alicyclic amines) is 1. The first-order valence-electron chi connectivity index (χ1n) is 9.99. The Balaban J connectivity index is 1.37. The molecule has 0 N–H and O–H groups in total. The van der Waals surface area contributed by atoms with Gasteiger partial charge in [0.15, 0.2) is 0 Å². The van der Waals surface area contributed by atoms with Crippen molar-refractivity contribution in [2.45, 2.75) is 38.7 Å². The fourth-order valence-electron chi connectivity index (χ4n) is 3.79. The van der Waals surface area contributed by atoms with E-state index in [1.54, 1.807) is 6.20 Å². The second-order valence-corrected chi connectivity index (χ2v) is 7.36. The number of benzene rings is 1. The SMILES string of the molecule is CCc1ccccc1OC1CN(c2cc(C(=O)N3CCCCC3)ccn2)C1. The third-order valence-electron chi connectivity index (χ3n) is 5.45. The lowest BCUT2D eigenvalue weighted by Crippen LogP contribution is -2.54. The number of carbonyl (C=O) groups excluding carboxylic acids is 1. The first kappa shape index (κ1) is 17.8. The molecule has 4 rings (SSSR count). The molecule has 27 heavy (non-hydrogen) atoms. The summed E-state index contributed by atoms with van der Waals surface area (Å²) in [4.78, 5) is 21.3. The van der Waals surface area contributed by atoms with Crippen LogP contribution in [0.3, 0.4) is 0 Å². The number of hydrogen-bond acceptors (Lipinski definition) is 4. The molecule has 2 saturated heterocycles. The Hall–Kier alpha value is -2.56. The molecule has 0 radical (unpaired) electrons. The molecule has 5 heteroatoms. The van der Waals surface area contributed by atoms with Crippen molar-refractivity contribution in [3.8, 4) is 5.75 Å². The predicted octanol–water partition coefficient (Wildman–Crippen LogP) is 3.54. The van der Waals surface area contributed by atoms with E-state index in [9.17, 15) is 4.79 Å². The molecule has 0 saturated carbocycles. The van der Waals surface area contributed by atoms with E-state index >= 15 is 0 Å². The highest BCUT2D eigenvalue weighted by Gasteiger charge is 2.30. The van der Waals surface area contributed by atoms with Crippen molar-refractivity contribution in [2.24, 2.45) is 0 Å². The molecule has 2 fully saturated rings. The number of carbonyl (C=O) groups is 1. The zero-order chi connectivity index (χ0) is 18.6. The van der Waals surface area contributed by atoms with Crippen LogP contribution in [0.5, 0.6) is 5.75 Å². The number of nitrogens with zero attached hydrogens (tertiary/aromatic N) is 3. The van der Waals surface area contributed by atoms with Crippen molar-refractivity contribution in [3.05, 3.63) is 53.7 Å². The van der Waals surface area contributed by atoms with Gasteiger partial charge in [0.05, 0.1) is 13.1 Å². The summed E-state index contributed by atoms with van der Waals surface area (Å²) >= 11 is 0. The minimum Gasteiger partial charge on any atom is -0.486 e. The van der Waals surface area contributed by atoms with E-state index < -0.39 is 0 Å². The van der Waals surface area contributed by atoms with Crippen LogP contribution in [0.2, 0.25) is 0 Å². The standard InChI is InChI=1S/C22H27N3O2/c1-2-17-8-4-5-9-20(17)27-19-15-25(16-19)21-14-18(10-11-23-21)22(26)24-12-6-3-7-13-24/h4-5,8-11,14,19H,2-3,6-7,12-13,15-16H2,1H3. The van der Waals surface area contributed by atoms with Crippen molar-refractivity contribution in [2.75, 3.05) is 31.1 Å². The summed E-state index contributed by atoms with van der Waals surface area (Å²) in [7, 11) is 0. The second kappa shape index (κ2) is 7.99. The number of aromatic nitrogens is 1. The van der Waals surface area contributed by atoms with E-state index in [4.69, 9.17) is 4.74 Å². The van der Waals surface area contributed by atoms with Gasteiger partial charge in [-0.25, -0.2) is 4.98 Å². The van der Waals surface area contributed by atoms with Gasteiger partial charge in [-0.1, -0.05) is 25.1 Å². The van der Waals surface area contributed by atoms with Gasteiger partial charge in [0.25, 0.3) is 5.91 Å². The smallest absolute Gasteiger partial charge is 0.254 e. The van der Waals surface area contributed by atoms with Gasteiger partial charge in [0.1, 0.15) is 17.7 Å². The number of anilines is 1. The van der Waals surface area contributed by atoms with E-state index in [1.807, 2.05) is 35.2 Å². The van der Waals surface area contributed by atoms with Crippen LogP contribution in [-0.2, 0) is 6.42 Å². The molecule has 0 aliphatic carbocycles. The molecule has 1 aromatic heterocycles. The summed E-state index contributed by atoms with van der Waals surface area (Å²) in [5, 5.41) is 0. The number of pyridine rings is 1. The molecule has 142 valence electrons. The molecule has 3 heterocycles. The molecule has 2 aliphatic heterocycles. The number of hydrogen-bond donors (Lipinski definition) is 0. The second-order valence-electron chi connectivity index (χ2n) is 7.36. The molecule has 1 aromatic carbocycles. The van der Waals surface area contributed by atoms with Gasteiger partial charge < -0.3 is 14.5 Å². The van der Waals surface area contributed by atoms with Crippen LogP contribution in [0, 0.1) is 0 Å². The number of rotatable bonds is 5. The normalized spacial score (nSPS) is 17.5. The fourth-order valence-corrected chi connectivity index (χ4v) is 3.79. The van der Waals surface area contributed by atoms with Crippen LogP contribution in [-0.4, -0.2) is 48.1 Å². The highest BCUT2D eigenvalue weighted by atomic mass is 16.5. The Morgan fingerprint density at radius 1 is 1.15 bits per heavy atom. The topological polar surface area (TPSA) is 45.7 Å². The predicted molar refractivity (Wildman–Crippen MR) is 106 cm³/mol. The lowest BCUT2D eigenvalue weighted by molar-refractivity contribution is 0.0724. The maximum absolute atomic E-state index is 12.7. The summed E-state index contributed by atoms with van der Waals surface area (Å²) in [5.41, 5.74) is 1.98. The largest absolute Gasteiger partial charge is 0.486 e. The van der Waals surface area contributed by atoms with Crippen molar-refractivity contribution in [3.63, 3.8) is 0 Å². The quantitative estimate of drug-likeness (QED) is 0.813. The molecule has 1 amide bonds. The van der Waals surface area contributed by atoms with Gasteiger partial charge in [-0.15, -0.1) is 0 Å². The molecule has 5 nitrogen and oxygen atoms in total. The van der Waals surface area contributed by atoms with Crippen LogP contribution in [0.1, 0.15) is 42.1 Å². The zero-order valence-corrected chi connectivity index (χ0v) is 15.9. The summed E-state index contributed by atoms with van der Waals surface area (Å²) in [6.07, 6.45) is 6.31. The third-order valence-corrected chi connectivity index (χ3v) is 5.45. The van der Waals surface area contributed by atoms with Gasteiger partial charge in [-0.2, -0.15) is 0 Å². The number of para-hydroxylation sites is 1. The molecular formula is C22H27N3O2. The summed E-state index contributed by atoms with van der Waals surface area (Å²) < 4.78 is 6.15. The van der Waals surface area contributed by atoms with Crippen LogP contribution < -0.4 is 9.64 Å². The lowest BCUT2D eigenvalue weighted by Gasteiger charge is -2.40. The van der Waals surface area contributed by atoms with Crippen LogP contribution in [0.25, 0.3) is 0 Å². The molecular weight excluding hydrogens is 338 g/mol. The fraction of sp³-hybridized carbons (Fsp3) is 0.455. The van der Waals surface area contributed by atoms with Crippen LogP contribution >= 0.6 is 0 Å². The summed E-state index contributed by atoms with van der Waals surface area (Å²) in [6.45, 7) is 5.47. The summed E-state index contributed by atoms with van der Waals surface area (Å²) in [6, 6.07) is 12.0. The highest BCUT2D eigenvalue weighted by molar-refractivity contribution is 5.95. The number of piperidine rings is 1. The number of amides is 1. The minimum absolute atomic E-state index is 0.128. The Bertz CT molecular complexity index is 796. The van der Waals surface area contributed by atoms with Gasteiger partial charge in [-0.05, 0) is 49.4 Å². The number of ether oxygens (including phenoxy) is 1. The monoisotopic (exact) mass is 365 g/mol. The van der Waals surface area contributed by atoms with Gasteiger partial charge >= 0.3 is 0 Å². The van der Waals surface area contributed by atoms with Crippen molar-refractivity contribution >= 4 is 11.7 Å². The average molecular weight is 365 g/mol. The van der Waals surface area contributed by atoms with E-state index in [0.29, 0.717) is 0 Å². The van der Waals surface area contributed by atoms with Crippen molar-refractivity contribution < 1.29 is 9.53 Å². The zero-order valence-electron chi connectivity index (χ0n) is 15.9. The van der Waals surface area contributed by atoms with E-state index in [0.717, 1.165) is 62.6 Å². The first-order valence-corrected chi connectivity index (χ1v) is 9.99. The Kier molecular flexibility index (Phi) is 5.28. The van der Waals surface area contributed by atoms with Gasteiger partial charge in [-0.3, -0.25) is 4.79 Å². The molecule has 0 unspecified atom stereocenters. The van der Waals surface area contributed by atoms with Gasteiger partial charge in [0, 0.05) is 24.8 Å². The maximum atomic E-state index is 12.7. The van der Waals surface area contributed by atoms with Crippen LogP contribution in [0.4, 0.5) is 5.82 Å². The van der Waals surface area contributed by atoms with E-state index in [-0.39, 0.29) is 12.0 Å². The Morgan fingerprint density at radius 3 is 2.70 bits per heavy atom. The lowest BCUT2D eigenvalue weighted by atomic mass is 10.1. The van der Waals surface area contributed by atoms with Crippen molar-refractivity contribution in [1.29, 1.82) is 0 Å². The van der Waals surface area contributed by atoms with E-state index in [1.165, 1.54) is 12.0 Å². The third kappa shape index (κ3) is 3.92. The maximum Gasteiger partial charge on any atom is 0.254 e.